The van der Waals surface area contributed by atoms with Crippen molar-refractivity contribution >= 4 is 55.6 Å². The highest BCUT2D eigenvalue weighted by atomic mass is 127. The zero-order valence-electron chi connectivity index (χ0n) is 6.73. The molecule has 0 bridgehead atoms. The molecule has 0 nitrogen and oxygen atoms in total. The Morgan fingerprint density at radius 3 is 2.71 bits per heavy atom. The third-order valence-corrected chi connectivity index (χ3v) is 4.31. The van der Waals surface area contributed by atoms with Crippen molar-refractivity contribution in [2.45, 2.75) is 6.43 Å². The van der Waals surface area contributed by atoms with Crippen LogP contribution in [0.3, 0.4) is 0 Å². The first kappa shape index (κ1) is 10.6. The lowest BCUT2D eigenvalue weighted by molar-refractivity contribution is 0.152. The van der Waals surface area contributed by atoms with Gasteiger partial charge < -0.3 is 0 Å². The Kier molecular flexibility index (Phi) is 2.95. The fourth-order valence-corrected chi connectivity index (χ4v) is 3.59. The van der Waals surface area contributed by atoms with Crippen LogP contribution in [0.25, 0.3) is 10.1 Å². The van der Waals surface area contributed by atoms with E-state index in [1.165, 1.54) is 11.3 Å². The molecular weight excluding hydrogens is 341 g/mol. The maximum Gasteiger partial charge on any atom is 0.266 e. The van der Waals surface area contributed by atoms with E-state index in [0.717, 1.165) is 4.70 Å². The van der Waals surface area contributed by atoms with Gasteiger partial charge in [0.05, 0.1) is 2.88 Å². The van der Waals surface area contributed by atoms with E-state index in [9.17, 15) is 8.78 Å². The summed E-state index contributed by atoms with van der Waals surface area (Å²) in [5.74, 6) is 0. The van der Waals surface area contributed by atoms with Gasteiger partial charge in [0.1, 0.15) is 0 Å². The minimum Gasteiger partial charge on any atom is -0.205 e. The molecule has 0 amide bonds. The van der Waals surface area contributed by atoms with Gasteiger partial charge in [0.25, 0.3) is 6.43 Å². The summed E-state index contributed by atoms with van der Waals surface area (Å²) < 4.78 is 26.9. The van der Waals surface area contributed by atoms with Gasteiger partial charge in [-0.15, -0.1) is 11.3 Å². The van der Waals surface area contributed by atoms with Crippen LogP contribution in [0.4, 0.5) is 8.78 Å². The smallest absolute Gasteiger partial charge is 0.205 e. The number of halogens is 4. The number of fused-ring (bicyclic) bond motifs is 1. The summed E-state index contributed by atoms with van der Waals surface area (Å²) in [6.45, 7) is 0. The van der Waals surface area contributed by atoms with Gasteiger partial charge in [0.15, 0.2) is 0 Å². The van der Waals surface area contributed by atoms with Gasteiger partial charge in [-0.1, -0.05) is 11.6 Å². The van der Waals surface area contributed by atoms with Gasteiger partial charge in [-0.05, 0) is 40.8 Å². The molecule has 0 fully saturated rings. The van der Waals surface area contributed by atoms with Crippen molar-refractivity contribution < 1.29 is 8.78 Å². The molecule has 0 aliphatic rings. The van der Waals surface area contributed by atoms with E-state index < -0.39 is 6.43 Å². The van der Waals surface area contributed by atoms with E-state index >= 15 is 0 Å². The average Bonchev–Trinajstić information content (AvgIpc) is 2.40. The highest BCUT2D eigenvalue weighted by molar-refractivity contribution is 14.1. The maximum atomic E-state index is 12.7. The molecule has 0 unspecified atom stereocenters. The summed E-state index contributed by atoms with van der Waals surface area (Å²) in [4.78, 5) is 0. The third kappa shape index (κ3) is 1.75. The second-order valence-electron chi connectivity index (χ2n) is 2.73. The summed E-state index contributed by atoms with van der Waals surface area (Å²) in [5, 5.41) is 1.07. The number of hydrogen-bond donors (Lipinski definition) is 0. The van der Waals surface area contributed by atoms with E-state index in [1.807, 2.05) is 22.6 Å². The number of alkyl halides is 2. The Bertz CT molecular complexity index is 481. The van der Waals surface area contributed by atoms with Gasteiger partial charge in [-0.3, -0.25) is 0 Å². The van der Waals surface area contributed by atoms with Gasteiger partial charge in [-0.25, -0.2) is 8.78 Å². The molecule has 1 heterocycles. The van der Waals surface area contributed by atoms with Crippen LogP contribution in [0.5, 0.6) is 0 Å². The SMILES string of the molecule is FC(F)c1c(I)sc2ccc(Cl)cc12. The van der Waals surface area contributed by atoms with Gasteiger partial charge in [0, 0.05) is 20.7 Å². The molecule has 5 heteroatoms. The van der Waals surface area contributed by atoms with Crippen LogP contribution >= 0.6 is 45.5 Å². The van der Waals surface area contributed by atoms with Crippen molar-refractivity contribution in [3.63, 3.8) is 0 Å². The summed E-state index contributed by atoms with van der Waals surface area (Å²) in [6, 6.07) is 5.08. The quantitative estimate of drug-likeness (QED) is 0.632. The summed E-state index contributed by atoms with van der Waals surface area (Å²) >= 11 is 9.06. The largest absolute Gasteiger partial charge is 0.266 e. The number of benzene rings is 1. The van der Waals surface area contributed by atoms with E-state index in [1.54, 1.807) is 18.2 Å². The second kappa shape index (κ2) is 3.90. The van der Waals surface area contributed by atoms with Crippen molar-refractivity contribution in [1.82, 2.24) is 0 Å². The maximum absolute atomic E-state index is 12.7. The Labute approximate surface area is 102 Å². The molecule has 0 atom stereocenters. The number of rotatable bonds is 1. The van der Waals surface area contributed by atoms with Gasteiger partial charge in [-0.2, -0.15) is 0 Å². The minimum absolute atomic E-state index is 0.105. The highest BCUT2D eigenvalue weighted by Gasteiger charge is 2.18. The van der Waals surface area contributed by atoms with Crippen LogP contribution in [0.15, 0.2) is 18.2 Å². The van der Waals surface area contributed by atoms with E-state index in [2.05, 4.69) is 0 Å². The molecule has 0 spiro atoms. The lowest BCUT2D eigenvalue weighted by atomic mass is 10.2. The predicted octanol–water partition coefficient (Wildman–Crippen LogP) is 5.10. The summed E-state index contributed by atoms with van der Waals surface area (Å²) in [7, 11) is 0. The topological polar surface area (TPSA) is 0 Å². The molecule has 14 heavy (non-hydrogen) atoms. The summed E-state index contributed by atoms with van der Waals surface area (Å²) in [6.07, 6.45) is -2.44. The molecule has 0 N–H and O–H groups in total. The van der Waals surface area contributed by atoms with Crippen LogP contribution in [-0.4, -0.2) is 0 Å². The molecule has 0 aliphatic carbocycles. The van der Waals surface area contributed by atoms with Gasteiger partial charge in [0.2, 0.25) is 0 Å². The molecular formula is C9H4ClF2IS. The summed E-state index contributed by atoms with van der Waals surface area (Å²) in [5.41, 5.74) is 0.105. The average molecular weight is 345 g/mol. The van der Waals surface area contributed by atoms with Crippen molar-refractivity contribution in [2.75, 3.05) is 0 Å². The zero-order chi connectivity index (χ0) is 10.3. The molecule has 1 aromatic carbocycles. The highest BCUT2D eigenvalue weighted by Crippen LogP contribution is 2.39. The Morgan fingerprint density at radius 2 is 2.07 bits per heavy atom. The fourth-order valence-electron chi connectivity index (χ4n) is 1.26. The van der Waals surface area contributed by atoms with Crippen LogP contribution in [0.2, 0.25) is 5.02 Å². The van der Waals surface area contributed by atoms with Crippen LogP contribution < -0.4 is 0 Å². The van der Waals surface area contributed by atoms with Crippen molar-refractivity contribution in [3.05, 3.63) is 31.7 Å². The molecule has 0 saturated carbocycles. The lowest BCUT2D eigenvalue weighted by Crippen LogP contribution is -1.83. The molecule has 74 valence electrons. The Balaban J connectivity index is 2.79. The Hall–Kier alpha value is 0.0600. The fraction of sp³-hybridized carbons (Fsp3) is 0.111. The van der Waals surface area contributed by atoms with E-state index in [0.29, 0.717) is 13.3 Å². The van der Waals surface area contributed by atoms with Crippen molar-refractivity contribution in [2.24, 2.45) is 0 Å². The predicted molar refractivity (Wildman–Crippen MR) is 64.5 cm³/mol. The minimum atomic E-state index is -2.44. The number of hydrogen-bond acceptors (Lipinski definition) is 1. The molecule has 0 radical (unpaired) electrons. The van der Waals surface area contributed by atoms with Gasteiger partial charge >= 0.3 is 0 Å². The zero-order valence-corrected chi connectivity index (χ0v) is 10.5. The number of thiophene rings is 1. The molecule has 1 aromatic heterocycles. The van der Waals surface area contributed by atoms with Crippen LogP contribution in [0.1, 0.15) is 12.0 Å². The monoisotopic (exact) mass is 344 g/mol. The van der Waals surface area contributed by atoms with E-state index in [-0.39, 0.29) is 5.56 Å². The molecule has 0 aliphatic heterocycles. The van der Waals surface area contributed by atoms with Crippen LogP contribution in [-0.2, 0) is 0 Å². The van der Waals surface area contributed by atoms with Crippen molar-refractivity contribution in [3.8, 4) is 0 Å². The second-order valence-corrected chi connectivity index (χ2v) is 6.03. The first-order valence-electron chi connectivity index (χ1n) is 3.75. The Morgan fingerprint density at radius 1 is 1.36 bits per heavy atom. The molecule has 0 saturated heterocycles. The molecule has 2 aromatic rings. The first-order chi connectivity index (χ1) is 6.59. The standard InChI is InChI=1S/C9H4ClF2IS/c10-4-1-2-6-5(3-4)7(8(11)12)9(13)14-6/h1-3,8H. The third-order valence-electron chi connectivity index (χ3n) is 1.86. The normalized spacial score (nSPS) is 11.5. The first-order valence-corrected chi connectivity index (χ1v) is 6.02. The van der Waals surface area contributed by atoms with Crippen molar-refractivity contribution in [1.29, 1.82) is 0 Å². The lowest BCUT2D eigenvalue weighted by Gasteiger charge is -1.98. The van der Waals surface area contributed by atoms with Crippen LogP contribution in [0, 0.1) is 2.88 Å². The molecule has 2 rings (SSSR count). The van der Waals surface area contributed by atoms with E-state index in [4.69, 9.17) is 11.6 Å².